The third kappa shape index (κ3) is 3.31. The fourth-order valence-electron chi connectivity index (χ4n) is 2.07. The molecule has 1 saturated carbocycles. The minimum atomic E-state index is 0.00478. The number of aryl methyl sites for hydroxylation is 1. The first-order valence-corrected chi connectivity index (χ1v) is 6.30. The van der Waals surface area contributed by atoms with Gasteiger partial charge in [-0.25, -0.2) is 0 Å². The summed E-state index contributed by atoms with van der Waals surface area (Å²) < 4.78 is 5.19. The number of carbonyl (C=O) groups excluding carboxylic acids is 1. The van der Waals surface area contributed by atoms with Gasteiger partial charge in [-0.15, -0.1) is 0 Å². The number of para-hydroxylation sites is 1. The van der Waals surface area contributed by atoms with Gasteiger partial charge >= 0.3 is 0 Å². The van der Waals surface area contributed by atoms with Gasteiger partial charge in [-0.2, -0.15) is 0 Å². The van der Waals surface area contributed by atoms with E-state index in [-0.39, 0.29) is 5.91 Å². The lowest BCUT2D eigenvalue weighted by Crippen LogP contribution is -2.47. The van der Waals surface area contributed by atoms with E-state index in [0.717, 1.165) is 24.1 Å². The van der Waals surface area contributed by atoms with Crippen LogP contribution in [0.25, 0.3) is 0 Å². The minimum absolute atomic E-state index is 0.00478. The van der Waals surface area contributed by atoms with Crippen molar-refractivity contribution in [2.24, 2.45) is 0 Å². The first-order valence-electron chi connectivity index (χ1n) is 6.30. The van der Waals surface area contributed by atoms with Crippen LogP contribution < -0.4 is 10.6 Å². The summed E-state index contributed by atoms with van der Waals surface area (Å²) in [6, 6.07) is 8.20. The van der Waals surface area contributed by atoms with Gasteiger partial charge in [0, 0.05) is 18.8 Å². The Morgan fingerprint density at radius 2 is 2.11 bits per heavy atom. The Morgan fingerprint density at radius 3 is 2.78 bits per heavy atom. The summed E-state index contributed by atoms with van der Waals surface area (Å²) in [5.41, 5.74) is 1.96. The van der Waals surface area contributed by atoms with Crippen molar-refractivity contribution in [3.05, 3.63) is 29.8 Å². The highest BCUT2D eigenvalue weighted by Gasteiger charge is 2.28. The molecule has 0 atom stereocenters. The Balaban J connectivity index is 1.71. The molecular weight excluding hydrogens is 228 g/mol. The van der Waals surface area contributed by atoms with Crippen LogP contribution in [-0.2, 0) is 9.53 Å². The molecule has 1 fully saturated rings. The lowest BCUT2D eigenvalue weighted by atomic mass is 9.89. The Hall–Kier alpha value is -1.39. The van der Waals surface area contributed by atoms with Crippen LogP contribution in [-0.4, -0.2) is 31.7 Å². The summed E-state index contributed by atoms with van der Waals surface area (Å²) in [6.45, 7) is 2.34. The summed E-state index contributed by atoms with van der Waals surface area (Å²) in [5.74, 6) is 0.00478. The lowest BCUT2D eigenvalue weighted by Gasteiger charge is -2.34. The van der Waals surface area contributed by atoms with Crippen molar-refractivity contribution in [3.63, 3.8) is 0 Å². The molecule has 1 aromatic rings. The van der Waals surface area contributed by atoms with Crippen LogP contribution >= 0.6 is 0 Å². The molecule has 0 heterocycles. The molecule has 4 nitrogen and oxygen atoms in total. The molecule has 2 N–H and O–H groups in total. The molecule has 0 unspecified atom stereocenters. The fourth-order valence-corrected chi connectivity index (χ4v) is 2.07. The maximum absolute atomic E-state index is 11.8. The summed E-state index contributed by atoms with van der Waals surface area (Å²) in [5, 5.41) is 6.14. The third-order valence-corrected chi connectivity index (χ3v) is 3.40. The summed E-state index contributed by atoms with van der Waals surface area (Å²) in [7, 11) is 1.73. The van der Waals surface area contributed by atoms with Crippen molar-refractivity contribution in [2.45, 2.75) is 31.9 Å². The van der Waals surface area contributed by atoms with Gasteiger partial charge in [0.25, 0.3) is 0 Å². The lowest BCUT2D eigenvalue weighted by molar-refractivity contribution is -0.115. The predicted molar refractivity (Wildman–Crippen MR) is 71.6 cm³/mol. The molecule has 1 aromatic carbocycles. The molecule has 0 bridgehead atoms. The molecule has 98 valence electrons. The Kier molecular flexibility index (Phi) is 4.33. The molecular formula is C14H20N2O2. The SMILES string of the molecule is COC1CC(NCC(=O)Nc2ccccc2C)C1. The van der Waals surface area contributed by atoms with Crippen LogP contribution in [0.1, 0.15) is 18.4 Å². The molecule has 1 aliphatic carbocycles. The number of hydrogen-bond acceptors (Lipinski definition) is 3. The van der Waals surface area contributed by atoms with Crippen LogP contribution in [0.5, 0.6) is 0 Å². The monoisotopic (exact) mass is 248 g/mol. The number of anilines is 1. The molecule has 1 amide bonds. The number of carbonyl (C=O) groups is 1. The van der Waals surface area contributed by atoms with E-state index in [1.165, 1.54) is 0 Å². The second-order valence-corrected chi connectivity index (χ2v) is 4.77. The number of methoxy groups -OCH3 is 1. The molecule has 0 radical (unpaired) electrons. The first-order chi connectivity index (χ1) is 8.69. The summed E-state index contributed by atoms with van der Waals surface area (Å²) >= 11 is 0. The van der Waals surface area contributed by atoms with Gasteiger partial charge in [-0.05, 0) is 31.4 Å². The summed E-state index contributed by atoms with van der Waals surface area (Å²) in [6.07, 6.45) is 2.35. The van der Waals surface area contributed by atoms with Gasteiger partial charge in [0.2, 0.25) is 5.91 Å². The quantitative estimate of drug-likeness (QED) is 0.834. The van der Waals surface area contributed by atoms with Crippen molar-refractivity contribution < 1.29 is 9.53 Å². The van der Waals surface area contributed by atoms with E-state index in [4.69, 9.17) is 4.74 Å². The average molecular weight is 248 g/mol. The molecule has 1 aliphatic rings. The Morgan fingerprint density at radius 1 is 1.39 bits per heavy atom. The van der Waals surface area contributed by atoms with Crippen LogP contribution in [0, 0.1) is 6.92 Å². The first kappa shape index (κ1) is 13.1. The maximum Gasteiger partial charge on any atom is 0.238 e. The van der Waals surface area contributed by atoms with Crippen molar-refractivity contribution in [1.29, 1.82) is 0 Å². The van der Waals surface area contributed by atoms with Crippen LogP contribution in [0.2, 0.25) is 0 Å². The van der Waals surface area contributed by atoms with Gasteiger partial charge in [-0.3, -0.25) is 4.79 Å². The third-order valence-electron chi connectivity index (χ3n) is 3.40. The van der Waals surface area contributed by atoms with Gasteiger partial charge in [0.1, 0.15) is 0 Å². The zero-order chi connectivity index (χ0) is 13.0. The van der Waals surface area contributed by atoms with Gasteiger partial charge in [0.15, 0.2) is 0 Å². The minimum Gasteiger partial charge on any atom is -0.381 e. The molecule has 0 saturated heterocycles. The average Bonchev–Trinajstić information content (AvgIpc) is 2.30. The number of nitrogens with one attached hydrogen (secondary N) is 2. The zero-order valence-corrected chi connectivity index (χ0v) is 10.9. The Labute approximate surface area is 108 Å². The van der Waals surface area contributed by atoms with Crippen molar-refractivity contribution >= 4 is 11.6 Å². The molecule has 4 heteroatoms. The highest BCUT2D eigenvalue weighted by atomic mass is 16.5. The van der Waals surface area contributed by atoms with Crippen molar-refractivity contribution in [2.75, 3.05) is 19.0 Å². The van der Waals surface area contributed by atoms with E-state index < -0.39 is 0 Å². The van der Waals surface area contributed by atoms with E-state index >= 15 is 0 Å². The van der Waals surface area contributed by atoms with Crippen LogP contribution in [0.4, 0.5) is 5.69 Å². The van der Waals surface area contributed by atoms with E-state index in [9.17, 15) is 4.79 Å². The highest BCUT2D eigenvalue weighted by molar-refractivity contribution is 5.92. The van der Waals surface area contributed by atoms with E-state index in [1.54, 1.807) is 7.11 Å². The van der Waals surface area contributed by atoms with E-state index in [2.05, 4.69) is 10.6 Å². The normalized spacial score (nSPS) is 22.3. The summed E-state index contributed by atoms with van der Waals surface area (Å²) in [4.78, 5) is 11.8. The standard InChI is InChI=1S/C14H20N2O2/c1-10-5-3-4-6-13(10)16-14(17)9-15-11-7-12(8-11)18-2/h3-6,11-12,15H,7-9H2,1-2H3,(H,16,17). The van der Waals surface area contributed by atoms with Crippen molar-refractivity contribution in [1.82, 2.24) is 5.32 Å². The number of ether oxygens (including phenoxy) is 1. The molecule has 0 aliphatic heterocycles. The second-order valence-electron chi connectivity index (χ2n) is 4.77. The number of benzene rings is 1. The number of rotatable bonds is 5. The Bertz CT molecular complexity index is 414. The van der Waals surface area contributed by atoms with Crippen LogP contribution in [0.3, 0.4) is 0 Å². The predicted octanol–water partition coefficient (Wildman–Crippen LogP) is 1.70. The largest absolute Gasteiger partial charge is 0.381 e. The highest BCUT2D eigenvalue weighted by Crippen LogP contribution is 2.22. The van der Waals surface area contributed by atoms with Crippen molar-refractivity contribution in [3.8, 4) is 0 Å². The van der Waals surface area contributed by atoms with Gasteiger partial charge in [-0.1, -0.05) is 18.2 Å². The number of hydrogen-bond donors (Lipinski definition) is 2. The molecule has 18 heavy (non-hydrogen) atoms. The second kappa shape index (κ2) is 5.98. The topological polar surface area (TPSA) is 50.4 Å². The number of amides is 1. The fraction of sp³-hybridized carbons (Fsp3) is 0.500. The molecule has 0 aromatic heterocycles. The smallest absolute Gasteiger partial charge is 0.238 e. The zero-order valence-electron chi connectivity index (χ0n) is 10.9. The maximum atomic E-state index is 11.8. The van der Waals surface area contributed by atoms with Crippen LogP contribution in [0.15, 0.2) is 24.3 Å². The van der Waals surface area contributed by atoms with Gasteiger partial charge in [0.05, 0.1) is 12.6 Å². The van der Waals surface area contributed by atoms with E-state index in [0.29, 0.717) is 18.7 Å². The molecule has 0 spiro atoms. The van der Waals surface area contributed by atoms with Gasteiger partial charge < -0.3 is 15.4 Å². The van der Waals surface area contributed by atoms with E-state index in [1.807, 2.05) is 31.2 Å². The molecule has 2 rings (SSSR count).